The summed E-state index contributed by atoms with van der Waals surface area (Å²) in [4.78, 5) is 5.18. The number of fused-ring (bicyclic) bond motifs is 4. The molecule has 186 valence electrons. The Morgan fingerprint density at radius 2 is 1.26 bits per heavy atom. The summed E-state index contributed by atoms with van der Waals surface area (Å²) in [6.45, 7) is 2.22. The minimum absolute atomic E-state index is 0.812. The van der Waals surface area contributed by atoms with Crippen molar-refractivity contribution in [3.8, 4) is 0 Å². The van der Waals surface area contributed by atoms with Crippen LogP contribution in [-0.2, 0) is 0 Å². The monoisotopic (exact) mass is 500 g/mol. The van der Waals surface area contributed by atoms with Gasteiger partial charge < -0.3 is 5.32 Å². The van der Waals surface area contributed by atoms with Gasteiger partial charge in [0.05, 0.1) is 5.70 Å². The molecule has 0 atom stereocenters. The van der Waals surface area contributed by atoms with Crippen molar-refractivity contribution in [1.29, 1.82) is 0 Å². The van der Waals surface area contributed by atoms with E-state index in [-0.39, 0.29) is 0 Å². The van der Waals surface area contributed by atoms with Crippen molar-refractivity contribution in [2.45, 2.75) is 13.3 Å². The molecule has 1 heterocycles. The van der Waals surface area contributed by atoms with Gasteiger partial charge in [-0.2, -0.15) is 0 Å². The van der Waals surface area contributed by atoms with Crippen molar-refractivity contribution >= 4 is 49.5 Å². The molecule has 1 aliphatic rings. The van der Waals surface area contributed by atoms with Gasteiger partial charge in [-0.25, -0.2) is 4.99 Å². The van der Waals surface area contributed by atoms with Crippen LogP contribution in [0.4, 0.5) is 0 Å². The van der Waals surface area contributed by atoms with E-state index >= 15 is 0 Å². The third-order valence-electron chi connectivity index (χ3n) is 7.63. The van der Waals surface area contributed by atoms with E-state index in [4.69, 9.17) is 4.99 Å². The molecule has 0 amide bonds. The van der Waals surface area contributed by atoms with Crippen molar-refractivity contribution < 1.29 is 0 Å². The molecule has 0 aromatic heterocycles. The van der Waals surface area contributed by atoms with E-state index in [0.717, 1.165) is 34.8 Å². The number of hydrogen-bond donors (Lipinski definition) is 1. The largest absolute Gasteiger partial charge is 0.339 e. The number of nitrogens with one attached hydrogen (secondary N) is 1. The maximum atomic E-state index is 5.18. The van der Waals surface area contributed by atoms with Crippen LogP contribution < -0.4 is 5.32 Å². The second kappa shape index (κ2) is 9.74. The summed E-state index contributed by atoms with van der Waals surface area (Å²) in [7, 11) is 0. The van der Waals surface area contributed by atoms with Gasteiger partial charge in [-0.15, -0.1) is 0 Å². The first kappa shape index (κ1) is 23.2. The lowest BCUT2D eigenvalue weighted by Gasteiger charge is -2.21. The molecule has 6 aromatic rings. The van der Waals surface area contributed by atoms with E-state index in [1.807, 2.05) is 12.1 Å². The molecule has 0 saturated carbocycles. The fourth-order valence-electron chi connectivity index (χ4n) is 5.59. The van der Waals surface area contributed by atoms with Crippen LogP contribution in [0.5, 0.6) is 0 Å². The van der Waals surface area contributed by atoms with Crippen LogP contribution in [0, 0.1) is 0 Å². The highest BCUT2D eigenvalue weighted by Crippen LogP contribution is 2.35. The van der Waals surface area contributed by atoms with Crippen molar-refractivity contribution in [3.05, 3.63) is 156 Å². The van der Waals surface area contributed by atoms with Gasteiger partial charge in [-0.1, -0.05) is 121 Å². The molecule has 0 bridgehead atoms. The van der Waals surface area contributed by atoms with E-state index in [1.54, 1.807) is 0 Å². The van der Waals surface area contributed by atoms with Crippen LogP contribution in [0.3, 0.4) is 0 Å². The van der Waals surface area contributed by atoms with Crippen LogP contribution in [0.15, 0.2) is 144 Å². The molecule has 0 aliphatic carbocycles. The Morgan fingerprint density at radius 1 is 0.564 bits per heavy atom. The lowest BCUT2D eigenvalue weighted by atomic mass is 9.93. The molecule has 0 radical (unpaired) electrons. The van der Waals surface area contributed by atoms with E-state index in [1.165, 1.54) is 43.5 Å². The van der Waals surface area contributed by atoms with Gasteiger partial charge in [0.15, 0.2) is 0 Å². The molecule has 0 unspecified atom stereocenters. The highest BCUT2D eigenvalue weighted by Gasteiger charge is 2.17. The Kier molecular flexibility index (Phi) is 5.79. The van der Waals surface area contributed by atoms with Gasteiger partial charge in [-0.05, 0) is 68.9 Å². The molecule has 7 rings (SSSR count). The zero-order valence-electron chi connectivity index (χ0n) is 21.9. The Bertz CT molecular complexity index is 1940. The van der Waals surface area contributed by atoms with Gasteiger partial charge in [-0.3, -0.25) is 0 Å². The topological polar surface area (TPSA) is 24.4 Å². The van der Waals surface area contributed by atoms with E-state index < -0.39 is 0 Å². The second-order valence-electron chi connectivity index (χ2n) is 10.2. The highest BCUT2D eigenvalue weighted by atomic mass is 15.0. The van der Waals surface area contributed by atoms with Crippen molar-refractivity contribution in [2.75, 3.05) is 0 Å². The molecule has 0 saturated heterocycles. The maximum absolute atomic E-state index is 5.18. The number of amidine groups is 1. The Balaban J connectivity index is 1.42. The minimum atomic E-state index is 0.812. The maximum Gasteiger partial charge on any atom is 0.138 e. The quantitative estimate of drug-likeness (QED) is 0.190. The minimum Gasteiger partial charge on any atom is -0.339 e. The van der Waals surface area contributed by atoms with Crippen molar-refractivity contribution in [1.82, 2.24) is 5.32 Å². The van der Waals surface area contributed by atoms with E-state index in [9.17, 15) is 0 Å². The first-order valence-electron chi connectivity index (χ1n) is 13.5. The van der Waals surface area contributed by atoms with Crippen LogP contribution in [-0.4, -0.2) is 5.84 Å². The summed E-state index contributed by atoms with van der Waals surface area (Å²) in [5.41, 5.74) is 6.75. The molecular formula is C37H28N2. The molecule has 1 N–H and O–H groups in total. The molecular weight excluding hydrogens is 472 g/mol. The number of aliphatic imine (C=N–C) groups is 1. The fraction of sp³-hybridized carbons (Fsp3) is 0.0541. The first-order valence-corrected chi connectivity index (χ1v) is 13.5. The fourth-order valence-corrected chi connectivity index (χ4v) is 5.59. The van der Waals surface area contributed by atoms with Gasteiger partial charge >= 0.3 is 0 Å². The van der Waals surface area contributed by atoms with E-state index in [2.05, 4.69) is 134 Å². The SMILES string of the molecule is CC1=C(c2cccc3c2ccc2cc4ccccc4cc23)NC(c2ccccc2)=NC(c2ccccc2)=CC1. The molecule has 1 aliphatic heterocycles. The zero-order chi connectivity index (χ0) is 26.2. The smallest absolute Gasteiger partial charge is 0.138 e. The Labute approximate surface area is 228 Å². The van der Waals surface area contributed by atoms with Crippen molar-refractivity contribution in [3.63, 3.8) is 0 Å². The normalized spacial score (nSPS) is 14.1. The average molecular weight is 501 g/mol. The number of benzene rings is 6. The highest BCUT2D eigenvalue weighted by molar-refractivity contribution is 6.15. The summed E-state index contributed by atoms with van der Waals surface area (Å²) in [6.07, 6.45) is 3.06. The molecule has 0 fully saturated rings. The van der Waals surface area contributed by atoms with Crippen LogP contribution >= 0.6 is 0 Å². The summed E-state index contributed by atoms with van der Waals surface area (Å²) < 4.78 is 0. The summed E-state index contributed by atoms with van der Waals surface area (Å²) in [5.74, 6) is 0.850. The predicted molar refractivity (Wildman–Crippen MR) is 167 cm³/mol. The third-order valence-corrected chi connectivity index (χ3v) is 7.63. The third kappa shape index (κ3) is 4.30. The van der Waals surface area contributed by atoms with Crippen LogP contribution in [0.25, 0.3) is 43.7 Å². The Hall–Kier alpha value is -4.95. The standard InChI is InChI=1S/C37H28N2/c1-25-19-22-35(26-11-4-2-5-12-26)38-37(27-13-6-3-7-14-27)39-36(25)33-18-10-17-31-32(33)21-20-30-23-28-15-8-9-16-29(28)24-34(30)31/h2-18,20-24H,19H2,1H3,(H,38,39). The molecule has 2 nitrogen and oxygen atoms in total. The molecule has 6 aromatic carbocycles. The lowest BCUT2D eigenvalue weighted by Crippen LogP contribution is -2.25. The first-order chi connectivity index (χ1) is 19.2. The summed E-state index contributed by atoms with van der Waals surface area (Å²) >= 11 is 0. The van der Waals surface area contributed by atoms with Gasteiger partial charge in [0.2, 0.25) is 0 Å². The number of nitrogens with zero attached hydrogens (tertiary/aromatic N) is 1. The average Bonchev–Trinajstić information content (AvgIpc) is 2.99. The van der Waals surface area contributed by atoms with Crippen LogP contribution in [0.2, 0.25) is 0 Å². The number of allylic oxidation sites excluding steroid dienone is 2. The van der Waals surface area contributed by atoms with Gasteiger partial charge in [0.1, 0.15) is 5.84 Å². The molecule has 2 heteroatoms. The number of hydrogen-bond acceptors (Lipinski definition) is 2. The van der Waals surface area contributed by atoms with Crippen LogP contribution in [0.1, 0.15) is 30.0 Å². The Morgan fingerprint density at radius 3 is 2.03 bits per heavy atom. The number of rotatable bonds is 3. The van der Waals surface area contributed by atoms with Crippen molar-refractivity contribution in [2.24, 2.45) is 4.99 Å². The predicted octanol–water partition coefficient (Wildman–Crippen LogP) is 9.36. The summed E-state index contributed by atoms with van der Waals surface area (Å²) in [5, 5.41) is 11.4. The van der Waals surface area contributed by atoms with Gasteiger partial charge in [0.25, 0.3) is 0 Å². The lowest BCUT2D eigenvalue weighted by molar-refractivity contribution is 1.13. The summed E-state index contributed by atoms with van der Waals surface area (Å²) in [6, 6.07) is 45.2. The zero-order valence-corrected chi connectivity index (χ0v) is 21.9. The molecule has 39 heavy (non-hydrogen) atoms. The second-order valence-corrected chi connectivity index (χ2v) is 10.2. The molecule has 0 spiro atoms. The van der Waals surface area contributed by atoms with Gasteiger partial charge in [0, 0.05) is 16.8 Å². The van der Waals surface area contributed by atoms with E-state index in [0.29, 0.717) is 0 Å².